The Morgan fingerprint density at radius 3 is 2.33 bits per heavy atom. The van der Waals surface area contributed by atoms with Gasteiger partial charge >= 0.3 is 0 Å². The van der Waals surface area contributed by atoms with Crippen molar-refractivity contribution in [2.24, 2.45) is 0 Å². The maximum absolute atomic E-state index is 4.91. The van der Waals surface area contributed by atoms with Crippen molar-refractivity contribution < 1.29 is 0 Å². The van der Waals surface area contributed by atoms with E-state index < -0.39 is 0 Å². The van der Waals surface area contributed by atoms with Crippen LogP contribution in [0.15, 0.2) is 0 Å². The van der Waals surface area contributed by atoms with Crippen LogP contribution in [0.1, 0.15) is 81.3 Å². The minimum absolute atomic E-state index is 0.530. The monoisotopic (exact) mass is 268 g/mol. The molecule has 1 N–H and O–H groups in total. The Bertz CT molecular complexity index is 340. The molecule has 0 saturated carbocycles. The second-order valence-electron chi connectivity index (χ2n) is 5.21. The fourth-order valence-corrected chi connectivity index (χ4v) is 3.61. The van der Waals surface area contributed by atoms with E-state index in [1.54, 1.807) is 0 Å². The topological polar surface area (TPSA) is 24.9 Å². The lowest BCUT2D eigenvalue weighted by Crippen LogP contribution is -2.14. The first-order valence-corrected chi connectivity index (χ1v) is 8.15. The normalized spacial score (nSPS) is 11.7. The van der Waals surface area contributed by atoms with Crippen molar-refractivity contribution in [1.82, 2.24) is 10.3 Å². The molecule has 0 amide bonds. The van der Waals surface area contributed by atoms with Crippen molar-refractivity contribution in [3.05, 3.63) is 15.6 Å². The Kier molecular flexibility index (Phi) is 6.87. The third-order valence-electron chi connectivity index (χ3n) is 3.34. The van der Waals surface area contributed by atoms with Crippen LogP contribution in [0.3, 0.4) is 0 Å². The third kappa shape index (κ3) is 4.06. The SMILES string of the molecule is CCCNCc1sc(C(CC)CC)nc1C(C)C. The number of nitrogens with zero attached hydrogens (tertiary/aromatic N) is 1. The molecular formula is C15H28N2S. The van der Waals surface area contributed by atoms with Crippen LogP contribution in [0.5, 0.6) is 0 Å². The van der Waals surface area contributed by atoms with Crippen LogP contribution in [-0.2, 0) is 6.54 Å². The molecular weight excluding hydrogens is 240 g/mol. The highest BCUT2D eigenvalue weighted by Crippen LogP contribution is 2.32. The maximum Gasteiger partial charge on any atom is 0.0962 e. The van der Waals surface area contributed by atoms with E-state index in [1.165, 1.54) is 34.8 Å². The minimum Gasteiger partial charge on any atom is -0.312 e. The molecule has 3 heteroatoms. The third-order valence-corrected chi connectivity index (χ3v) is 4.57. The molecule has 0 aliphatic carbocycles. The lowest BCUT2D eigenvalue weighted by Gasteiger charge is -2.07. The van der Waals surface area contributed by atoms with Gasteiger partial charge in [-0.15, -0.1) is 11.3 Å². The molecule has 0 aromatic carbocycles. The molecule has 0 bridgehead atoms. The second kappa shape index (κ2) is 7.90. The molecule has 2 nitrogen and oxygen atoms in total. The van der Waals surface area contributed by atoms with E-state index in [2.05, 4.69) is 39.9 Å². The standard InChI is InChI=1S/C15H28N2S/c1-6-9-16-10-13-14(11(4)5)17-15(18-13)12(7-2)8-3/h11-12,16H,6-10H2,1-5H3. The highest BCUT2D eigenvalue weighted by Gasteiger charge is 2.18. The Hall–Kier alpha value is -0.410. The van der Waals surface area contributed by atoms with Crippen molar-refractivity contribution in [1.29, 1.82) is 0 Å². The maximum atomic E-state index is 4.91. The van der Waals surface area contributed by atoms with E-state index in [9.17, 15) is 0 Å². The van der Waals surface area contributed by atoms with Gasteiger partial charge in [-0.1, -0.05) is 34.6 Å². The Morgan fingerprint density at radius 1 is 1.17 bits per heavy atom. The van der Waals surface area contributed by atoms with Gasteiger partial charge < -0.3 is 5.32 Å². The van der Waals surface area contributed by atoms with Crippen molar-refractivity contribution in [3.8, 4) is 0 Å². The van der Waals surface area contributed by atoms with Gasteiger partial charge in [0.15, 0.2) is 0 Å². The first kappa shape index (κ1) is 15.6. The van der Waals surface area contributed by atoms with Gasteiger partial charge in [-0.2, -0.15) is 0 Å². The second-order valence-corrected chi connectivity index (χ2v) is 6.32. The molecule has 1 rings (SSSR count). The van der Waals surface area contributed by atoms with Gasteiger partial charge in [-0.05, 0) is 31.7 Å². The van der Waals surface area contributed by atoms with Gasteiger partial charge in [0.25, 0.3) is 0 Å². The van der Waals surface area contributed by atoms with Crippen LogP contribution in [0.4, 0.5) is 0 Å². The Labute approximate surface area is 116 Å². The smallest absolute Gasteiger partial charge is 0.0962 e. The summed E-state index contributed by atoms with van der Waals surface area (Å²) in [6, 6.07) is 0. The summed E-state index contributed by atoms with van der Waals surface area (Å²) >= 11 is 1.92. The number of thiazole rings is 1. The van der Waals surface area contributed by atoms with E-state index in [0.29, 0.717) is 11.8 Å². The van der Waals surface area contributed by atoms with Crippen molar-refractivity contribution in [2.45, 2.75) is 72.3 Å². The summed E-state index contributed by atoms with van der Waals surface area (Å²) in [5.74, 6) is 1.18. The van der Waals surface area contributed by atoms with Gasteiger partial charge in [0.05, 0.1) is 10.7 Å². The van der Waals surface area contributed by atoms with Gasteiger partial charge in [-0.25, -0.2) is 4.98 Å². The highest BCUT2D eigenvalue weighted by atomic mass is 32.1. The zero-order valence-corrected chi connectivity index (χ0v) is 13.4. The molecule has 0 spiro atoms. The summed E-state index contributed by atoms with van der Waals surface area (Å²) in [4.78, 5) is 6.35. The molecule has 1 heterocycles. The Balaban J connectivity index is 2.86. The molecule has 0 aliphatic rings. The summed E-state index contributed by atoms with van der Waals surface area (Å²) < 4.78 is 0. The lowest BCUT2D eigenvalue weighted by molar-refractivity contribution is 0.631. The van der Waals surface area contributed by atoms with Gasteiger partial charge in [0.1, 0.15) is 0 Å². The van der Waals surface area contributed by atoms with Crippen LogP contribution in [0, 0.1) is 0 Å². The molecule has 0 atom stereocenters. The van der Waals surface area contributed by atoms with E-state index >= 15 is 0 Å². The quantitative estimate of drug-likeness (QED) is 0.693. The summed E-state index contributed by atoms with van der Waals surface area (Å²) in [6.07, 6.45) is 3.59. The van der Waals surface area contributed by atoms with Crippen LogP contribution in [-0.4, -0.2) is 11.5 Å². The van der Waals surface area contributed by atoms with E-state index in [1.807, 2.05) is 11.3 Å². The molecule has 0 fully saturated rings. The first-order chi connectivity index (χ1) is 8.63. The molecule has 0 saturated heterocycles. The minimum atomic E-state index is 0.530. The predicted molar refractivity (Wildman–Crippen MR) is 81.5 cm³/mol. The van der Waals surface area contributed by atoms with Crippen LogP contribution in [0.25, 0.3) is 0 Å². The van der Waals surface area contributed by atoms with Crippen LogP contribution < -0.4 is 5.32 Å². The summed E-state index contributed by atoms with van der Waals surface area (Å²) in [7, 11) is 0. The zero-order chi connectivity index (χ0) is 13.5. The van der Waals surface area contributed by atoms with E-state index in [-0.39, 0.29) is 0 Å². The molecule has 0 aliphatic heterocycles. The van der Waals surface area contributed by atoms with Gasteiger partial charge in [0.2, 0.25) is 0 Å². The average molecular weight is 268 g/mol. The fraction of sp³-hybridized carbons (Fsp3) is 0.800. The molecule has 18 heavy (non-hydrogen) atoms. The number of aromatic nitrogens is 1. The largest absolute Gasteiger partial charge is 0.312 e. The number of hydrogen-bond donors (Lipinski definition) is 1. The first-order valence-electron chi connectivity index (χ1n) is 7.34. The number of nitrogens with one attached hydrogen (secondary N) is 1. The summed E-state index contributed by atoms with van der Waals surface area (Å²) in [5.41, 5.74) is 1.31. The van der Waals surface area contributed by atoms with Crippen LogP contribution in [0.2, 0.25) is 0 Å². The fourth-order valence-electron chi connectivity index (χ4n) is 2.15. The zero-order valence-electron chi connectivity index (χ0n) is 12.5. The summed E-state index contributed by atoms with van der Waals surface area (Å²) in [6.45, 7) is 13.3. The van der Waals surface area contributed by atoms with E-state index in [0.717, 1.165) is 13.1 Å². The molecule has 1 aromatic rings. The number of rotatable bonds is 8. The van der Waals surface area contributed by atoms with Crippen molar-refractivity contribution in [2.75, 3.05) is 6.54 Å². The van der Waals surface area contributed by atoms with Crippen molar-refractivity contribution in [3.63, 3.8) is 0 Å². The average Bonchev–Trinajstić information content (AvgIpc) is 2.75. The summed E-state index contributed by atoms with van der Waals surface area (Å²) in [5, 5.41) is 4.85. The Morgan fingerprint density at radius 2 is 1.83 bits per heavy atom. The lowest BCUT2D eigenvalue weighted by atomic mass is 10.0. The molecule has 104 valence electrons. The van der Waals surface area contributed by atoms with Crippen molar-refractivity contribution >= 4 is 11.3 Å². The van der Waals surface area contributed by atoms with E-state index in [4.69, 9.17) is 4.98 Å². The molecule has 0 unspecified atom stereocenters. The van der Waals surface area contributed by atoms with Gasteiger partial charge in [0, 0.05) is 17.3 Å². The highest BCUT2D eigenvalue weighted by molar-refractivity contribution is 7.11. The van der Waals surface area contributed by atoms with Crippen LogP contribution >= 0.6 is 11.3 Å². The predicted octanol–water partition coefficient (Wildman–Crippen LogP) is 4.67. The number of hydrogen-bond acceptors (Lipinski definition) is 3. The van der Waals surface area contributed by atoms with Gasteiger partial charge in [-0.3, -0.25) is 0 Å². The molecule has 1 aromatic heterocycles. The molecule has 0 radical (unpaired) electrons.